The van der Waals surface area contributed by atoms with Crippen LogP contribution in [0.1, 0.15) is 11.4 Å². The number of anilines is 1. The van der Waals surface area contributed by atoms with Crippen molar-refractivity contribution in [3.63, 3.8) is 0 Å². The van der Waals surface area contributed by atoms with Crippen molar-refractivity contribution >= 4 is 28.5 Å². The zero-order valence-electron chi connectivity index (χ0n) is 19.9. The Kier molecular flexibility index (Phi) is 6.40. The maximum atomic E-state index is 14.7. The van der Waals surface area contributed by atoms with Crippen molar-refractivity contribution in [3.8, 4) is 0 Å². The second-order valence-electron chi connectivity index (χ2n) is 8.93. The summed E-state index contributed by atoms with van der Waals surface area (Å²) in [6.07, 6.45) is 0. The van der Waals surface area contributed by atoms with Crippen LogP contribution in [0.5, 0.6) is 0 Å². The third-order valence-corrected chi connectivity index (χ3v) is 7.09. The van der Waals surface area contributed by atoms with Crippen molar-refractivity contribution in [1.82, 2.24) is 23.6 Å². The van der Waals surface area contributed by atoms with Gasteiger partial charge >= 0.3 is 5.69 Å². The molecule has 1 aliphatic rings. The molecule has 4 aromatic rings. The van der Waals surface area contributed by atoms with Gasteiger partial charge in [-0.15, -0.1) is 0 Å². The Bertz CT molecular complexity index is 1530. The summed E-state index contributed by atoms with van der Waals surface area (Å²) in [5.74, 6) is -0.213. The molecule has 1 fully saturated rings. The van der Waals surface area contributed by atoms with E-state index in [4.69, 9.17) is 11.6 Å². The summed E-state index contributed by atoms with van der Waals surface area (Å²) in [5, 5.41) is 0.248. The monoisotopic (exact) mass is 514 g/mol. The van der Waals surface area contributed by atoms with Crippen LogP contribution in [0.2, 0.25) is 5.02 Å². The van der Waals surface area contributed by atoms with Gasteiger partial charge in [-0.2, -0.15) is 0 Å². The molecule has 2 aromatic heterocycles. The highest BCUT2D eigenvalue weighted by atomic mass is 35.5. The number of imidazole rings is 1. The SMILES string of the molecule is Cn1c(=O)c2c(nc(CN3CCN(c4ccc(F)cc4)CC3)n2Cc2c(F)cccc2Cl)n(C)c1=O. The molecular formula is C25H25ClF2N6O2. The van der Waals surface area contributed by atoms with Crippen molar-refractivity contribution in [2.24, 2.45) is 14.1 Å². The lowest BCUT2D eigenvalue weighted by Crippen LogP contribution is -2.46. The Balaban J connectivity index is 1.50. The Morgan fingerprint density at radius 3 is 2.28 bits per heavy atom. The van der Waals surface area contributed by atoms with Gasteiger partial charge in [0.1, 0.15) is 17.5 Å². The molecule has 0 N–H and O–H groups in total. The molecule has 0 atom stereocenters. The first kappa shape index (κ1) is 24.2. The summed E-state index contributed by atoms with van der Waals surface area (Å²) in [6, 6.07) is 10.9. The fourth-order valence-electron chi connectivity index (χ4n) is 4.64. The van der Waals surface area contributed by atoms with Gasteiger partial charge in [0.25, 0.3) is 5.56 Å². The third kappa shape index (κ3) is 4.31. The van der Waals surface area contributed by atoms with Gasteiger partial charge in [0.2, 0.25) is 0 Å². The van der Waals surface area contributed by atoms with E-state index >= 15 is 0 Å². The number of rotatable bonds is 5. The topological polar surface area (TPSA) is 68.3 Å². The molecule has 8 nitrogen and oxygen atoms in total. The van der Waals surface area contributed by atoms with Gasteiger partial charge in [-0.1, -0.05) is 17.7 Å². The molecule has 0 amide bonds. The molecule has 36 heavy (non-hydrogen) atoms. The van der Waals surface area contributed by atoms with Crippen LogP contribution in [-0.4, -0.2) is 49.8 Å². The lowest BCUT2D eigenvalue weighted by molar-refractivity contribution is 0.241. The number of nitrogens with zero attached hydrogens (tertiary/aromatic N) is 6. The van der Waals surface area contributed by atoms with Gasteiger partial charge in [-0.25, -0.2) is 18.6 Å². The number of fused-ring (bicyclic) bond motifs is 1. The van der Waals surface area contributed by atoms with Crippen LogP contribution in [0, 0.1) is 11.6 Å². The molecule has 1 saturated heterocycles. The lowest BCUT2D eigenvalue weighted by Gasteiger charge is -2.36. The minimum absolute atomic E-state index is 0.000326. The van der Waals surface area contributed by atoms with E-state index < -0.39 is 17.1 Å². The maximum absolute atomic E-state index is 14.7. The average molecular weight is 515 g/mol. The van der Waals surface area contributed by atoms with E-state index in [9.17, 15) is 18.4 Å². The lowest BCUT2D eigenvalue weighted by atomic mass is 10.2. The summed E-state index contributed by atoms with van der Waals surface area (Å²) in [6.45, 7) is 3.27. The largest absolute Gasteiger partial charge is 0.369 e. The van der Waals surface area contributed by atoms with E-state index in [0.717, 1.165) is 23.3 Å². The van der Waals surface area contributed by atoms with Gasteiger partial charge < -0.3 is 9.47 Å². The number of piperazine rings is 1. The Morgan fingerprint density at radius 1 is 0.917 bits per heavy atom. The number of hydrogen-bond donors (Lipinski definition) is 0. The Hall–Kier alpha value is -3.50. The molecule has 1 aliphatic heterocycles. The number of halogens is 3. The van der Waals surface area contributed by atoms with E-state index in [0.29, 0.717) is 25.5 Å². The first-order valence-electron chi connectivity index (χ1n) is 11.6. The first-order chi connectivity index (χ1) is 17.2. The molecule has 0 radical (unpaired) electrons. The van der Waals surface area contributed by atoms with Gasteiger partial charge in [0.05, 0.1) is 13.1 Å². The minimum Gasteiger partial charge on any atom is -0.369 e. The van der Waals surface area contributed by atoms with Crippen molar-refractivity contribution in [1.29, 1.82) is 0 Å². The standard InChI is InChI=1S/C25H25ClF2N6O2/c1-30-23-22(24(35)31(2)25(30)36)34(14-18-19(26)4-3-5-20(18)28)21(29-23)15-32-10-12-33(13-11-32)17-8-6-16(27)7-9-17/h3-9H,10-15H2,1-2H3. The minimum atomic E-state index is -0.500. The zero-order chi connectivity index (χ0) is 25.6. The summed E-state index contributed by atoms with van der Waals surface area (Å²) in [4.78, 5) is 34.7. The van der Waals surface area contributed by atoms with Crippen LogP contribution >= 0.6 is 11.6 Å². The summed E-state index contributed by atoms with van der Waals surface area (Å²) in [7, 11) is 2.97. The first-order valence-corrected chi connectivity index (χ1v) is 11.9. The van der Waals surface area contributed by atoms with Gasteiger partial charge in [-0.3, -0.25) is 18.8 Å². The molecule has 0 unspecified atom stereocenters. The van der Waals surface area contributed by atoms with Gasteiger partial charge in [-0.05, 0) is 36.4 Å². The molecule has 0 aliphatic carbocycles. The number of aryl methyl sites for hydroxylation is 1. The van der Waals surface area contributed by atoms with Crippen LogP contribution in [-0.2, 0) is 27.2 Å². The van der Waals surface area contributed by atoms with E-state index in [-0.39, 0.29) is 34.1 Å². The van der Waals surface area contributed by atoms with E-state index in [2.05, 4.69) is 14.8 Å². The average Bonchev–Trinajstić information content (AvgIpc) is 3.22. The number of aromatic nitrogens is 4. The van der Waals surface area contributed by atoms with E-state index in [1.165, 1.54) is 35.9 Å². The van der Waals surface area contributed by atoms with Crippen LogP contribution in [0.25, 0.3) is 11.2 Å². The van der Waals surface area contributed by atoms with Gasteiger partial charge in [0, 0.05) is 56.5 Å². The molecule has 0 spiro atoms. The van der Waals surface area contributed by atoms with E-state index in [1.54, 1.807) is 29.8 Å². The van der Waals surface area contributed by atoms with Crippen LogP contribution in [0.3, 0.4) is 0 Å². The number of hydrogen-bond acceptors (Lipinski definition) is 5. The highest BCUT2D eigenvalue weighted by Gasteiger charge is 2.24. The number of benzene rings is 2. The Labute approximate surface area is 210 Å². The third-order valence-electron chi connectivity index (χ3n) is 6.73. The summed E-state index contributed by atoms with van der Waals surface area (Å²) >= 11 is 6.30. The summed E-state index contributed by atoms with van der Waals surface area (Å²) in [5.41, 5.74) is 0.683. The van der Waals surface area contributed by atoms with Crippen molar-refractivity contribution in [3.05, 3.63) is 91.3 Å². The van der Waals surface area contributed by atoms with Crippen molar-refractivity contribution < 1.29 is 8.78 Å². The Morgan fingerprint density at radius 2 is 1.61 bits per heavy atom. The molecule has 188 valence electrons. The highest BCUT2D eigenvalue weighted by molar-refractivity contribution is 6.31. The van der Waals surface area contributed by atoms with Crippen LogP contribution in [0.4, 0.5) is 14.5 Å². The molecule has 0 saturated carbocycles. The predicted octanol–water partition coefficient (Wildman–Crippen LogP) is 2.74. The van der Waals surface area contributed by atoms with E-state index in [1.807, 2.05) is 0 Å². The van der Waals surface area contributed by atoms with Crippen LogP contribution in [0.15, 0.2) is 52.1 Å². The smallest absolute Gasteiger partial charge is 0.332 e. The highest BCUT2D eigenvalue weighted by Crippen LogP contribution is 2.24. The second kappa shape index (κ2) is 9.51. The summed E-state index contributed by atoms with van der Waals surface area (Å²) < 4.78 is 32.0. The predicted molar refractivity (Wildman–Crippen MR) is 135 cm³/mol. The van der Waals surface area contributed by atoms with Crippen LogP contribution < -0.4 is 16.1 Å². The van der Waals surface area contributed by atoms with Crippen molar-refractivity contribution in [2.45, 2.75) is 13.1 Å². The molecular weight excluding hydrogens is 490 g/mol. The fraction of sp³-hybridized carbons (Fsp3) is 0.320. The molecule has 2 aromatic carbocycles. The zero-order valence-corrected chi connectivity index (χ0v) is 20.7. The molecule has 5 rings (SSSR count). The second-order valence-corrected chi connectivity index (χ2v) is 9.34. The van der Waals surface area contributed by atoms with Gasteiger partial charge in [0.15, 0.2) is 11.2 Å². The maximum Gasteiger partial charge on any atom is 0.332 e. The fourth-order valence-corrected chi connectivity index (χ4v) is 4.86. The quantitative estimate of drug-likeness (QED) is 0.410. The molecule has 0 bridgehead atoms. The molecule has 11 heteroatoms. The molecule has 3 heterocycles. The van der Waals surface area contributed by atoms with Crippen molar-refractivity contribution in [2.75, 3.05) is 31.1 Å². The normalized spacial score (nSPS) is 14.6.